The molecule has 3 aromatic rings. The van der Waals surface area contributed by atoms with Gasteiger partial charge in [0.1, 0.15) is 5.76 Å². The predicted octanol–water partition coefficient (Wildman–Crippen LogP) is 2.06. The minimum Gasteiger partial charge on any atom is -0.468 e. The minimum absolute atomic E-state index is 0.0371. The maximum atomic E-state index is 12.3. The van der Waals surface area contributed by atoms with E-state index in [0.717, 1.165) is 0 Å². The van der Waals surface area contributed by atoms with Gasteiger partial charge >= 0.3 is 0 Å². The minimum atomic E-state index is -3.80. The van der Waals surface area contributed by atoms with Crippen molar-refractivity contribution in [3.8, 4) is 0 Å². The number of primary sulfonamides is 1. The van der Waals surface area contributed by atoms with E-state index in [-0.39, 0.29) is 16.3 Å². The highest BCUT2D eigenvalue weighted by atomic mass is 32.2. The Morgan fingerprint density at radius 2 is 1.58 bits per heavy atom. The van der Waals surface area contributed by atoms with Crippen LogP contribution < -0.4 is 15.2 Å². The van der Waals surface area contributed by atoms with E-state index < -0.39 is 26.0 Å². The SMILES string of the molecule is NS(=O)(=O)c1ccc(NC(=O)/C=C/c2ccc(S(=O)(=O)NCc3ccco3)cc2)cc1. The number of hydrogen-bond donors (Lipinski definition) is 3. The number of rotatable bonds is 8. The molecule has 1 heterocycles. The zero-order valence-electron chi connectivity index (χ0n) is 16.1. The summed E-state index contributed by atoms with van der Waals surface area (Å²) in [6, 6.07) is 14.7. The van der Waals surface area contributed by atoms with E-state index in [9.17, 15) is 21.6 Å². The molecular formula is C20H19N3O6S2. The van der Waals surface area contributed by atoms with Crippen molar-refractivity contribution < 1.29 is 26.0 Å². The number of hydrogen-bond acceptors (Lipinski definition) is 6. The van der Waals surface area contributed by atoms with Gasteiger partial charge in [-0.05, 0) is 60.2 Å². The van der Waals surface area contributed by atoms with Crippen molar-refractivity contribution >= 4 is 37.7 Å². The molecule has 162 valence electrons. The van der Waals surface area contributed by atoms with E-state index in [1.165, 1.54) is 54.8 Å². The number of nitrogens with two attached hydrogens (primary N) is 1. The Kier molecular flexibility index (Phi) is 6.71. The molecule has 0 saturated carbocycles. The van der Waals surface area contributed by atoms with Gasteiger partial charge in [0.05, 0.1) is 22.6 Å². The van der Waals surface area contributed by atoms with Gasteiger partial charge in [0, 0.05) is 11.8 Å². The highest BCUT2D eigenvalue weighted by Crippen LogP contribution is 2.14. The highest BCUT2D eigenvalue weighted by Gasteiger charge is 2.14. The molecule has 0 saturated heterocycles. The second kappa shape index (κ2) is 9.27. The van der Waals surface area contributed by atoms with Gasteiger partial charge in [0.2, 0.25) is 26.0 Å². The lowest BCUT2D eigenvalue weighted by Gasteiger charge is -2.06. The molecule has 0 spiro atoms. The zero-order chi connectivity index (χ0) is 22.5. The second-order valence-corrected chi connectivity index (χ2v) is 9.69. The standard InChI is InChI=1S/C20H19N3O6S2/c21-30(25,26)18-10-6-16(7-11-18)23-20(24)12-5-15-3-8-19(9-4-15)31(27,28)22-14-17-2-1-13-29-17/h1-13,22H,14H2,(H,23,24)(H2,21,25,26)/b12-5+. The first-order chi connectivity index (χ1) is 14.6. The molecule has 31 heavy (non-hydrogen) atoms. The fourth-order valence-electron chi connectivity index (χ4n) is 2.50. The maximum Gasteiger partial charge on any atom is 0.248 e. The van der Waals surface area contributed by atoms with Gasteiger partial charge in [-0.1, -0.05) is 12.1 Å². The van der Waals surface area contributed by atoms with Crippen LogP contribution in [0, 0.1) is 0 Å². The van der Waals surface area contributed by atoms with Crippen LogP contribution in [0.25, 0.3) is 6.08 Å². The van der Waals surface area contributed by atoms with Gasteiger partial charge in [0.25, 0.3) is 0 Å². The first-order valence-corrected chi connectivity index (χ1v) is 11.9. The average Bonchev–Trinajstić information content (AvgIpc) is 3.25. The summed E-state index contributed by atoms with van der Waals surface area (Å²) in [5.74, 6) is 0.0496. The third-order valence-electron chi connectivity index (χ3n) is 4.08. The molecule has 0 bridgehead atoms. The lowest BCUT2D eigenvalue weighted by atomic mass is 10.2. The molecule has 4 N–H and O–H groups in total. The van der Waals surface area contributed by atoms with Crippen LogP contribution in [-0.2, 0) is 31.4 Å². The molecule has 0 aliphatic rings. The summed E-state index contributed by atoms with van der Waals surface area (Å²) >= 11 is 0. The molecule has 3 rings (SSSR count). The smallest absolute Gasteiger partial charge is 0.248 e. The first-order valence-electron chi connectivity index (χ1n) is 8.87. The Morgan fingerprint density at radius 1 is 0.935 bits per heavy atom. The van der Waals surface area contributed by atoms with Crippen molar-refractivity contribution in [2.45, 2.75) is 16.3 Å². The Balaban J connectivity index is 1.59. The first kappa shape index (κ1) is 22.4. The van der Waals surface area contributed by atoms with E-state index in [2.05, 4.69) is 10.0 Å². The molecule has 0 radical (unpaired) electrons. The Labute approximate surface area is 179 Å². The summed E-state index contributed by atoms with van der Waals surface area (Å²) in [5, 5.41) is 7.60. The lowest BCUT2D eigenvalue weighted by molar-refractivity contribution is -0.111. The molecule has 1 aromatic heterocycles. The molecule has 2 aromatic carbocycles. The van der Waals surface area contributed by atoms with Crippen molar-refractivity contribution in [1.29, 1.82) is 0 Å². The predicted molar refractivity (Wildman–Crippen MR) is 115 cm³/mol. The van der Waals surface area contributed by atoms with Crippen molar-refractivity contribution in [3.05, 3.63) is 84.3 Å². The normalized spacial score (nSPS) is 12.2. The third-order valence-corrected chi connectivity index (χ3v) is 6.43. The number of benzene rings is 2. The van der Waals surface area contributed by atoms with Crippen LogP contribution in [0.3, 0.4) is 0 Å². The van der Waals surface area contributed by atoms with Gasteiger partial charge in [-0.15, -0.1) is 0 Å². The Morgan fingerprint density at radius 3 is 2.16 bits per heavy atom. The van der Waals surface area contributed by atoms with Gasteiger partial charge in [-0.3, -0.25) is 4.79 Å². The van der Waals surface area contributed by atoms with E-state index >= 15 is 0 Å². The van der Waals surface area contributed by atoms with E-state index in [1.54, 1.807) is 24.3 Å². The van der Waals surface area contributed by atoms with Gasteiger partial charge in [-0.25, -0.2) is 26.7 Å². The number of carbonyl (C=O) groups excluding carboxylic acids is 1. The van der Waals surface area contributed by atoms with Crippen LogP contribution >= 0.6 is 0 Å². The number of amides is 1. The van der Waals surface area contributed by atoms with Crippen LogP contribution in [0.1, 0.15) is 11.3 Å². The molecule has 9 nitrogen and oxygen atoms in total. The molecular weight excluding hydrogens is 442 g/mol. The highest BCUT2D eigenvalue weighted by molar-refractivity contribution is 7.89. The van der Waals surface area contributed by atoms with E-state index in [0.29, 0.717) is 17.0 Å². The second-order valence-electron chi connectivity index (χ2n) is 6.36. The van der Waals surface area contributed by atoms with Gasteiger partial charge in [-0.2, -0.15) is 0 Å². The monoisotopic (exact) mass is 461 g/mol. The zero-order valence-corrected chi connectivity index (χ0v) is 17.7. The molecule has 1 amide bonds. The largest absolute Gasteiger partial charge is 0.468 e. The topological polar surface area (TPSA) is 149 Å². The number of carbonyl (C=O) groups is 1. The number of furan rings is 1. The summed E-state index contributed by atoms with van der Waals surface area (Å²) in [7, 11) is -7.51. The lowest BCUT2D eigenvalue weighted by Crippen LogP contribution is -2.22. The fraction of sp³-hybridized carbons (Fsp3) is 0.0500. The van der Waals surface area contributed by atoms with Crippen LogP contribution in [0.5, 0.6) is 0 Å². The third kappa shape index (κ3) is 6.36. The summed E-state index contributed by atoms with van der Waals surface area (Å²) in [6.07, 6.45) is 4.24. The molecule has 0 fully saturated rings. The summed E-state index contributed by atoms with van der Waals surface area (Å²) < 4.78 is 54.6. The summed E-state index contributed by atoms with van der Waals surface area (Å²) in [4.78, 5) is 12.1. The number of nitrogens with one attached hydrogen (secondary N) is 2. The van der Waals surface area contributed by atoms with Crippen LogP contribution in [0.15, 0.2) is 87.2 Å². The van der Waals surface area contributed by atoms with Gasteiger partial charge in [0.15, 0.2) is 0 Å². The van der Waals surface area contributed by atoms with Crippen molar-refractivity contribution in [1.82, 2.24) is 4.72 Å². The maximum absolute atomic E-state index is 12.3. The van der Waals surface area contributed by atoms with Gasteiger partial charge < -0.3 is 9.73 Å². The van der Waals surface area contributed by atoms with Crippen LogP contribution in [0.2, 0.25) is 0 Å². The number of anilines is 1. The van der Waals surface area contributed by atoms with E-state index in [1.807, 2.05) is 0 Å². The summed E-state index contributed by atoms with van der Waals surface area (Å²) in [5.41, 5.74) is 1.01. The quantitative estimate of drug-likeness (QED) is 0.437. The van der Waals surface area contributed by atoms with E-state index in [4.69, 9.17) is 9.56 Å². The average molecular weight is 462 g/mol. The van der Waals surface area contributed by atoms with Crippen molar-refractivity contribution in [3.63, 3.8) is 0 Å². The van der Waals surface area contributed by atoms with Crippen LogP contribution in [-0.4, -0.2) is 22.7 Å². The summed E-state index contributed by atoms with van der Waals surface area (Å²) in [6.45, 7) is 0.0371. The Hall–Kier alpha value is -3.25. The molecule has 0 aliphatic carbocycles. The molecule has 0 unspecified atom stereocenters. The Bertz CT molecular complexity index is 1280. The van der Waals surface area contributed by atoms with Crippen molar-refractivity contribution in [2.75, 3.05) is 5.32 Å². The van der Waals surface area contributed by atoms with Crippen molar-refractivity contribution in [2.24, 2.45) is 5.14 Å². The van der Waals surface area contributed by atoms with Crippen LogP contribution in [0.4, 0.5) is 5.69 Å². The molecule has 0 aliphatic heterocycles. The molecule has 11 heteroatoms. The fourth-order valence-corrected chi connectivity index (χ4v) is 4.01. The molecule has 0 atom stereocenters. The number of sulfonamides is 2.